The average Bonchev–Trinajstić information content (AvgIpc) is 3.20. The zero-order chi connectivity index (χ0) is 25.8. The first-order valence-corrected chi connectivity index (χ1v) is 11.1. The second-order valence-corrected chi connectivity index (χ2v) is 7.93. The van der Waals surface area contributed by atoms with Crippen molar-refractivity contribution in [1.29, 1.82) is 5.53 Å². The molecule has 2 aromatic carbocycles. The van der Waals surface area contributed by atoms with Crippen LogP contribution in [0.15, 0.2) is 65.6 Å². The Hall–Kier alpha value is -4.54. The number of methoxy groups -OCH3 is 4. The van der Waals surface area contributed by atoms with Gasteiger partial charge in [0.05, 0.1) is 34.5 Å². The van der Waals surface area contributed by atoms with Gasteiger partial charge in [-0.3, -0.25) is 0 Å². The van der Waals surface area contributed by atoms with Crippen LogP contribution in [-0.4, -0.2) is 44.6 Å². The van der Waals surface area contributed by atoms with Crippen LogP contribution in [0.4, 0.5) is 5.69 Å². The number of anilines is 1. The molecule has 190 valence electrons. The molecule has 0 spiro atoms. The maximum Gasteiger partial charge on any atom is 0.203 e. The summed E-state index contributed by atoms with van der Waals surface area (Å²) in [5, 5.41) is 10.1. The van der Waals surface area contributed by atoms with Gasteiger partial charge >= 0.3 is 0 Å². The smallest absolute Gasteiger partial charge is 0.203 e. The molecule has 0 atom stereocenters. The Bertz CT molecular complexity index is 1210. The first-order valence-electron chi connectivity index (χ1n) is 11.1. The van der Waals surface area contributed by atoms with E-state index in [1.54, 1.807) is 57.8 Å². The molecule has 0 saturated carbocycles. The summed E-state index contributed by atoms with van der Waals surface area (Å²) in [7, 11) is 6.22. The van der Waals surface area contributed by atoms with Gasteiger partial charge in [0.25, 0.3) is 0 Å². The van der Waals surface area contributed by atoms with Crippen LogP contribution in [-0.2, 0) is 4.84 Å². The van der Waals surface area contributed by atoms with Gasteiger partial charge in [-0.25, -0.2) is 0 Å². The molecule has 2 heterocycles. The molecule has 0 bridgehead atoms. The number of nitrogens with zero attached hydrogens (tertiary/aromatic N) is 3. The van der Waals surface area contributed by atoms with E-state index in [0.29, 0.717) is 57.3 Å². The molecule has 0 aromatic heterocycles. The highest BCUT2D eigenvalue weighted by atomic mass is 16.7. The first-order chi connectivity index (χ1) is 17.4. The van der Waals surface area contributed by atoms with Crippen molar-refractivity contribution in [3.05, 3.63) is 66.0 Å². The highest BCUT2D eigenvalue weighted by molar-refractivity contribution is 5.77. The molecule has 36 heavy (non-hydrogen) atoms. The molecule has 11 heteroatoms. The molecule has 0 radical (unpaired) electrons. The van der Waals surface area contributed by atoms with Crippen LogP contribution >= 0.6 is 0 Å². The van der Waals surface area contributed by atoms with Gasteiger partial charge in [0.2, 0.25) is 5.75 Å². The predicted molar refractivity (Wildman–Crippen MR) is 133 cm³/mol. The molecule has 0 amide bonds. The fraction of sp³-hybridized carbons (Fsp3) is 0.280. The van der Waals surface area contributed by atoms with Gasteiger partial charge in [-0.15, -0.1) is 5.06 Å². The lowest BCUT2D eigenvalue weighted by molar-refractivity contribution is -0.0462. The Morgan fingerprint density at radius 2 is 1.61 bits per heavy atom. The van der Waals surface area contributed by atoms with Crippen molar-refractivity contribution >= 4 is 11.4 Å². The van der Waals surface area contributed by atoms with E-state index in [1.807, 2.05) is 32.0 Å². The van der Waals surface area contributed by atoms with E-state index >= 15 is 0 Å². The lowest BCUT2D eigenvalue weighted by Gasteiger charge is -2.24. The highest BCUT2D eigenvalue weighted by Gasteiger charge is 2.39. The van der Waals surface area contributed by atoms with Crippen molar-refractivity contribution < 1.29 is 28.5 Å². The minimum atomic E-state index is -0.0441. The number of hydrogen-bond acceptors (Lipinski definition) is 10. The Labute approximate surface area is 209 Å². The Kier molecular flexibility index (Phi) is 7.09. The van der Waals surface area contributed by atoms with Gasteiger partial charge in [0.1, 0.15) is 12.0 Å². The molecule has 4 rings (SSSR count). The van der Waals surface area contributed by atoms with Crippen molar-refractivity contribution in [3.8, 4) is 28.7 Å². The lowest BCUT2D eigenvalue weighted by Crippen LogP contribution is -2.25. The summed E-state index contributed by atoms with van der Waals surface area (Å²) in [6.45, 7) is 3.89. The van der Waals surface area contributed by atoms with Crippen LogP contribution < -0.4 is 29.0 Å². The largest absolute Gasteiger partial charge is 0.493 e. The van der Waals surface area contributed by atoms with Crippen molar-refractivity contribution in [1.82, 2.24) is 10.1 Å². The third-order valence-electron chi connectivity index (χ3n) is 5.38. The number of benzene rings is 2. The van der Waals surface area contributed by atoms with Gasteiger partial charge in [0, 0.05) is 17.3 Å². The van der Waals surface area contributed by atoms with Gasteiger partial charge in [-0.05, 0) is 50.3 Å². The molecule has 0 unspecified atom stereocenters. The van der Waals surface area contributed by atoms with Gasteiger partial charge in [-0.2, -0.15) is 10.5 Å². The summed E-state index contributed by atoms with van der Waals surface area (Å²) in [4.78, 5) is 5.80. The van der Waals surface area contributed by atoms with Crippen molar-refractivity contribution in [2.24, 2.45) is 5.22 Å². The summed E-state index contributed by atoms with van der Waals surface area (Å²) in [6.07, 6.45) is 5.00. The number of fused-ring (bicyclic) bond motifs is 1. The van der Waals surface area contributed by atoms with Crippen LogP contribution in [0, 0.1) is 5.53 Å². The maximum atomic E-state index is 7.93. The predicted octanol–water partition coefficient (Wildman–Crippen LogP) is 5.11. The molecule has 2 aliphatic heterocycles. The number of allylic oxidation sites excluding steroid dienone is 2. The van der Waals surface area contributed by atoms with Crippen LogP contribution in [0.2, 0.25) is 0 Å². The SMILES string of the molecule is COc1ccc(NC2=C(c3cc(OC)c(OC)c(OC)c3)N(N=N)C3=CC=CON32)cc1OC(C)C. The van der Waals surface area contributed by atoms with Gasteiger partial charge in [0.15, 0.2) is 34.6 Å². The molecule has 11 nitrogen and oxygen atoms in total. The molecule has 2 aromatic rings. The second kappa shape index (κ2) is 10.4. The number of nitrogens with one attached hydrogen (secondary N) is 2. The summed E-state index contributed by atoms with van der Waals surface area (Å²) < 4.78 is 28.0. The minimum absolute atomic E-state index is 0.0441. The quantitative estimate of drug-likeness (QED) is 0.434. The van der Waals surface area contributed by atoms with Gasteiger partial charge in [-0.1, -0.05) is 5.22 Å². The molecule has 0 saturated heterocycles. The molecular weight excluding hydrogens is 466 g/mol. The molecule has 0 fully saturated rings. The third-order valence-corrected chi connectivity index (χ3v) is 5.38. The zero-order valence-electron chi connectivity index (χ0n) is 21.0. The van der Waals surface area contributed by atoms with E-state index < -0.39 is 0 Å². The van der Waals surface area contributed by atoms with E-state index in [0.717, 1.165) is 0 Å². The highest BCUT2D eigenvalue weighted by Crippen LogP contribution is 2.46. The van der Waals surface area contributed by atoms with Crippen LogP contribution in [0.5, 0.6) is 28.7 Å². The number of hydroxylamine groups is 2. The Morgan fingerprint density at radius 1 is 0.917 bits per heavy atom. The molecule has 0 aliphatic carbocycles. The fourth-order valence-corrected chi connectivity index (χ4v) is 3.90. The molecule has 2 N–H and O–H groups in total. The molecule has 2 aliphatic rings. The van der Waals surface area contributed by atoms with E-state index in [9.17, 15) is 0 Å². The molecular formula is C25H29N5O6. The number of hydrogen-bond donors (Lipinski definition) is 2. The second-order valence-electron chi connectivity index (χ2n) is 7.93. The standard InChI is InChI=1S/C25H29N5O6/c1-15(2)36-19-14-17(9-10-18(19)31-3)27-25-23(29(28-26)22-8-7-11-35-30(22)25)16-12-20(32-4)24(34-6)21(13-16)33-5/h7-15,26-27H,1-6H3. The van der Waals surface area contributed by atoms with Crippen molar-refractivity contribution in [2.75, 3.05) is 33.8 Å². The van der Waals surface area contributed by atoms with E-state index in [4.69, 9.17) is 34.1 Å². The summed E-state index contributed by atoms with van der Waals surface area (Å²) >= 11 is 0. The number of rotatable bonds is 10. The van der Waals surface area contributed by atoms with Crippen LogP contribution in [0.3, 0.4) is 0 Å². The fourth-order valence-electron chi connectivity index (χ4n) is 3.90. The van der Waals surface area contributed by atoms with E-state index in [1.165, 1.54) is 11.3 Å². The van der Waals surface area contributed by atoms with E-state index in [2.05, 4.69) is 10.5 Å². The minimum Gasteiger partial charge on any atom is -0.493 e. The van der Waals surface area contributed by atoms with Gasteiger partial charge < -0.3 is 33.8 Å². The maximum absolute atomic E-state index is 7.93. The summed E-state index contributed by atoms with van der Waals surface area (Å²) in [5.41, 5.74) is 9.81. The normalized spacial score (nSPS) is 14.2. The van der Waals surface area contributed by atoms with Crippen LogP contribution in [0.1, 0.15) is 19.4 Å². The van der Waals surface area contributed by atoms with Crippen LogP contribution in [0.25, 0.3) is 5.70 Å². The lowest BCUT2D eigenvalue weighted by atomic mass is 10.1. The Morgan fingerprint density at radius 3 is 2.19 bits per heavy atom. The van der Waals surface area contributed by atoms with Crippen molar-refractivity contribution in [2.45, 2.75) is 20.0 Å². The van der Waals surface area contributed by atoms with E-state index in [-0.39, 0.29) is 6.10 Å². The number of ether oxygens (including phenoxy) is 5. The Balaban J connectivity index is 1.88. The third kappa shape index (κ3) is 4.42. The summed E-state index contributed by atoms with van der Waals surface area (Å²) in [6, 6.07) is 9.07. The monoisotopic (exact) mass is 495 g/mol. The summed E-state index contributed by atoms with van der Waals surface area (Å²) in [5.74, 6) is 3.59. The topological polar surface area (TPSA) is 110 Å². The van der Waals surface area contributed by atoms with Crippen molar-refractivity contribution in [3.63, 3.8) is 0 Å². The zero-order valence-corrected chi connectivity index (χ0v) is 21.0. The first kappa shape index (κ1) is 24.6. The average molecular weight is 496 g/mol.